The first kappa shape index (κ1) is 33.4. The van der Waals surface area contributed by atoms with Crippen LogP contribution < -0.4 is 10.6 Å². The second-order valence-electron chi connectivity index (χ2n) is 13.5. The molecule has 1 saturated heterocycles. The Bertz CT molecular complexity index is 1430. The van der Waals surface area contributed by atoms with Crippen LogP contribution in [0.4, 0.5) is 16.2 Å². The van der Waals surface area contributed by atoms with E-state index in [1.807, 2.05) is 66.7 Å². The number of benzene rings is 3. The first-order valence-corrected chi connectivity index (χ1v) is 18.6. The van der Waals surface area contributed by atoms with Crippen LogP contribution in [0.25, 0.3) is 11.1 Å². The Morgan fingerprint density at radius 3 is 2.32 bits per heavy atom. The van der Waals surface area contributed by atoms with E-state index in [0.29, 0.717) is 25.1 Å². The fourth-order valence-corrected chi connectivity index (χ4v) is 5.95. The molecule has 8 heteroatoms. The van der Waals surface area contributed by atoms with Crippen molar-refractivity contribution in [1.82, 2.24) is 4.90 Å². The Balaban J connectivity index is 1.37. The van der Waals surface area contributed by atoms with Crippen molar-refractivity contribution in [3.05, 3.63) is 83.4 Å². The van der Waals surface area contributed by atoms with E-state index < -0.39 is 14.4 Å². The van der Waals surface area contributed by atoms with Crippen LogP contribution in [0.2, 0.25) is 18.1 Å². The molecule has 0 aliphatic carbocycles. The number of hydrogen-bond acceptors (Lipinski definition) is 5. The highest BCUT2D eigenvalue weighted by Gasteiger charge is 2.37. The van der Waals surface area contributed by atoms with Crippen LogP contribution in [-0.4, -0.2) is 51.5 Å². The zero-order valence-electron chi connectivity index (χ0n) is 27.5. The number of amides is 2. The highest BCUT2D eigenvalue weighted by atomic mass is 28.4. The molecule has 1 aliphatic heterocycles. The van der Waals surface area contributed by atoms with E-state index in [9.17, 15) is 9.59 Å². The van der Waals surface area contributed by atoms with Crippen molar-refractivity contribution in [2.45, 2.75) is 84.2 Å². The number of aryl methyl sites for hydroxylation is 2. The standard InChI is InChI=1S/C36H49N3O4Si/c1-26-23-30(16-15-29(26)25-42-44(6,7)36(2,3)4)37-34(40)18-14-27-13-17-32(28-11-9-8-10-12-28)33(24-27)38-35(41)43-31-19-21-39(5)22-20-31/h8-13,15-17,23-24,31H,14,18-22,25H2,1-7H3,(H,37,40)(H,38,41). The molecule has 2 amide bonds. The third-order valence-corrected chi connectivity index (χ3v) is 13.5. The molecule has 3 aromatic carbocycles. The van der Waals surface area contributed by atoms with Gasteiger partial charge in [0.15, 0.2) is 8.32 Å². The van der Waals surface area contributed by atoms with Gasteiger partial charge >= 0.3 is 6.09 Å². The van der Waals surface area contributed by atoms with Gasteiger partial charge in [-0.2, -0.15) is 0 Å². The fourth-order valence-electron chi connectivity index (χ4n) is 5.00. The Morgan fingerprint density at radius 1 is 0.955 bits per heavy atom. The van der Waals surface area contributed by atoms with Gasteiger partial charge in [0.05, 0.1) is 12.3 Å². The third kappa shape index (κ3) is 9.27. The molecule has 236 valence electrons. The molecule has 7 nitrogen and oxygen atoms in total. The van der Waals surface area contributed by atoms with E-state index in [-0.39, 0.29) is 17.0 Å². The van der Waals surface area contributed by atoms with Crippen LogP contribution in [0, 0.1) is 6.92 Å². The van der Waals surface area contributed by atoms with E-state index in [0.717, 1.165) is 59.4 Å². The maximum atomic E-state index is 12.9. The SMILES string of the molecule is Cc1cc(NC(=O)CCc2ccc(-c3ccccc3)c(NC(=O)OC3CCN(C)CC3)c2)ccc1CO[Si](C)(C)C(C)(C)C. The van der Waals surface area contributed by atoms with Crippen molar-refractivity contribution in [3.63, 3.8) is 0 Å². The predicted octanol–water partition coefficient (Wildman–Crippen LogP) is 8.40. The van der Waals surface area contributed by atoms with E-state index in [2.05, 4.69) is 63.4 Å². The average Bonchev–Trinajstić information content (AvgIpc) is 2.97. The Hall–Kier alpha value is -3.46. The van der Waals surface area contributed by atoms with Crippen LogP contribution in [0.15, 0.2) is 66.7 Å². The molecule has 1 aliphatic rings. The number of rotatable bonds is 10. The summed E-state index contributed by atoms with van der Waals surface area (Å²) in [5.74, 6) is -0.0574. The number of ether oxygens (including phenoxy) is 1. The molecule has 0 spiro atoms. The minimum absolute atomic E-state index is 0.0574. The Labute approximate surface area is 264 Å². The van der Waals surface area contributed by atoms with Crippen LogP contribution >= 0.6 is 0 Å². The van der Waals surface area contributed by atoms with E-state index in [1.54, 1.807) is 0 Å². The van der Waals surface area contributed by atoms with Gasteiger partial charge in [0.25, 0.3) is 0 Å². The number of carbonyl (C=O) groups is 2. The smallest absolute Gasteiger partial charge is 0.411 e. The topological polar surface area (TPSA) is 79.9 Å². The summed E-state index contributed by atoms with van der Waals surface area (Å²) >= 11 is 0. The molecule has 0 bridgehead atoms. The highest BCUT2D eigenvalue weighted by molar-refractivity contribution is 6.74. The van der Waals surface area contributed by atoms with Crippen molar-refractivity contribution in [2.75, 3.05) is 30.8 Å². The van der Waals surface area contributed by atoms with Crippen LogP contribution in [-0.2, 0) is 27.0 Å². The summed E-state index contributed by atoms with van der Waals surface area (Å²) in [4.78, 5) is 28.1. The van der Waals surface area contributed by atoms with Gasteiger partial charge in [-0.05, 0) is 91.8 Å². The fraction of sp³-hybridized carbons (Fsp3) is 0.444. The van der Waals surface area contributed by atoms with E-state index in [4.69, 9.17) is 9.16 Å². The van der Waals surface area contributed by atoms with Crippen molar-refractivity contribution in [3.8, 4) is 11.1 Å². The molecule has 0 aromatic heterocycles. The van der Waals surface area contributed by atoms with Gasteiger partial charge in [0, 0.05) is 30.8 Å². The first-order valence-electron chi connectivity index (χ1n) is 15.7. The summed E-state index contributed by atoms with van der Waals surface area (Å²) in [6.45, 7) is 15.7. The Kier molecular flexibility index (Phi) is 11.1. The summed E-state index contributed by atoms with van der Waals surface area (Å²) in [6, 6.07) is 21.9. The summed E-state index contributed by atoms with van der Waals surface area (Å²) in [5.41, 5.74) is 6.57. The summed E-state index contributed by atoms with van der Waals surface area (Å²) < 4.78 is 12.2. The van der Waals surface area contributed by atoms with Crippen molar-refractivity contribution in [1.29, 1.82) is 0 Å². The zero-order valence-corrected chi connectivity index (χ0v) is 28.5. The average molecular weight is 616 g/mol. The van der Waals surface area contributed by atoms with Crippen LogP contribution in [0.3, 0.4) is 0 Å². The van der Waals surface area contributed by atoms with Crippen molar-refractivity contribution >= 4 is 31.7 Å². The summed E-state index contributed by atoms with van der Waals surface area (Å²) in [7, 11) is 0.237. The molecule has 4 rings (SSSR count). The largest absolute Gasteiger partial charge is 0.446 e. The lowest BCUT2D eigenvalue weighted by atomic mass is 9.99. The number of hydrogen-bond donors (Lipinski definition) is 2. The van der Waals surface area contributed by atoms with Gasteiger partial charge in [0.1, 0.15) is 6.10 Å². The molecular weight excluding hydrogens is 566 g/mol. The summed E-state index contributed by atoms with van der Waals surface area (Å²) in [5, 5.41) is 6.19. The normalized spacial score (nSPS) is 14.7. The number of likely N-dealkylation sites (tertiary alicyclic amines) is 1. The lowest BCUT2D eigenvalue weighted by Gasteiger charge is -2.36. The van der Waals surface area contributed by atoms with E-state index >= 15 is 0 Å². The summed E-state index contributed by atoms with van der Waals surface area (Å²) in [6.07, 6.45) is 1.99. The van der Waals surface area contributed by atoms with Crippen molar-refractivity contribution in [2.24, 2.45) is 0 Å². The highest BCUT2D eigenvalue weighted by Crippen LogP contribution is 2.37. The lowest BCUT2D eigenvalue weighted by molar-refractivity contribution is -0.116. The molecule has 1 fully saturated rings. The maximum absolute atomic E-state index is 12.9. The molecule has 0 radical (unpaired) electrons. The minimum Gasteiger partial charge on any atom is -0.446 e. The van der Waals surface area contributed by atoms with Crippen molar-refractivity contribution < 1.29 is 18.8 Å². The third-order valence-electron chi connectivity index (χ3n) is 9.01. The van der Waals surface area contributed by atoms with Gasteiger partial charge in [-0.15, -0.1) is 0 Å². The molecule has 44 heavy (non-hydrogen) atoms. The first-order chi connectivity index (χ1) is 20.8. The Morgan fingerprint density at radius 2 is 1.66 bits per heavy atom. The van der Waals surface area contributed by atoms with Gasteiger partial charge in [0.2, 0.25) is 5.91 Å². The molecule has 0 atom stereocenters. The minimum atomic E-state index is -1.84. The van der Waals surface area contributed by atoms with Crippen LogP contribution in [0.5, 0.6) is 0 Å². The molecule has 0 unspecified atom stereocenters. The maximum Gasteiger partial charge on any atom is 0.411 e. The van der Waals surface area contributed by atoms with Gasteiger partial charge in [-0.3, -0.25) is 10.1 Å². The second-order valence-corrected chi connectivity index (χ2v) is 18.3. The van der Waals surface area contributed by atoms with Gasteiger partial charge < -0.3 is 19.4 Å². The van der Waals surface area contributed by atoms with Gasteiger partial charge in [-0.1, -0.05) is 69.3 Å². The molecule has 3 aromatic rings. The molecular formula is C36H49N3O4Si. The predicted molar refractivity (Wildman–Crippen MR) is 183 cm³/mol. The lowest BCUT2D eigenvalue weighted by Crippen LogP contribution is -2.40. The molecule has 1 heterocycles. The second kappa shape index (κ2) is 14.5. The zero-order chi connectivity index (χ0) is 31.9. The van der Waals surface area contributed by atoms with Crippen LogP contribution in [0.1, 0.15) is 56.7 Å². The van der Waals surface area contributed by atoms with E-state index in [1.165, 1.54) is 0 Å². The number of nitrogens with zero attached hydrogens (tertiary/aromatic N) is 1. The quantitative estimate of drug-likeness (QED) is 0.224. The van der Waals surface area contributed by atoms with Gasteiger partial charge in [-0.25, -0.2) is 4.79 Å². The number of carbonyl (C=O) groups excluding carboxylic acids is 2. The number of nitrogens with one attached hydrogen (secondary N) is 2. The number of anilines is 2. The monoisotopic (exact) mass is 615 g/mol. The number of piperidine rings is 1. The molecule has 0 saturated carbocycles. The molecule has 2 N–H and O–H groups in total.